The topological polar surface area (TPSA) is 21.3 Å². The molecule has 2 nitrogen and oxygen atoms in total. The molecule has 1 aliphatic rings. The van der Waals surface area contributed by atoms with Gasteiger partial charge in [0, 0.05) is 16.7 Å². The van der Waals surface area contributed by atoms with Gasteiger partial charge in [0.2, 0.25) is 0 Å². The maximum atomic E-state index is 5.91. The summed E-state index contributed by atoms with van der Waals surface area (Å²) in [6, 6.07) is 14.9. The number of ether oxygens (including phenoxy) is 1. The number of nitrogens with one attached hydrogen (secondary N) is 1. The fraction of sp³-hybridized carbons (Fsp3) is 0.294. The van der Waals surface area contributed by atoms with Crippen LogP contribution in [0, 0.1) is 6.92 Å². The summed E-state index contributed by atoms with van der Waals surface area (Å²) in [7, 11) is 0. The molecule has 20 heavy (non-hydrogen) atoms. The van der Waals surface area contributed by atoms with Gasteiger partial charge in [-0.15, -0.1) is 0 Å². The third-order valence-corrected chi connectivity index (χ3v) is 4.63. The number of fused-ring (bicyclic) bond motifs is 1. The van der Waals surface area contributed by atoms with Crippen molar-refractivity contribution in [3.8, 4) is 0 Å². The van der Waals surface area contributed by atoms with Crippen molar-refractivity contribution in [2.75, 3.05) is 18.5 Å². The van der Waals surface area contributed by atoms with Crippen LogP contribution in [0.1, 0.15) is 22.8 Å². The minimum atomic E-state index is 0.143. The van der Waals surface area contributed by atoms with E-state index in [4.69, 9.17) is 4.74 Å². The van der Waals surface area contributed by atoms with Gasteiger partial charge < -0.3 is 10.1 Å². The molecule has 0 bridgehead atoms. The number of hydrogen-bond acceptors (Lipinski definition) is 2. The number of aryl methyl sites for hydroxylation is 1. The average molecular weight is 332 g/mol. The molecule has 1 aliphatic heterocycles. The van der Waals surface area contributed by atoms with E-state index in [0.29, 0.717) is 0 Å². The fourth-order valence-electron chi connectivity index (χ4n) is 2.61. The molecule has 2 aromatic rings. The lowest BCUT2D eigenvalue weighted by Crippen LogP contribution is -2.22. The van der Waals surface area contributed by atoms with Crippen molar-refractivity contribution in [3.63, 3.8) is 0 Å². The molecular formula is C17H18BrNO. The largest absolute Gasteiger partial charge is 0.382 e. The van der Waals surface area contributed by atoms with Crippen LogP contribution in [0.4, 0.5) is 5.69 Å². The molecule has 104 valence electrons. The van der Waals surface area contributed by atoms with Crippen molar-refractivity contribution < 1.29 is 4.74 Å². The third kappa shape index (κ3) is 2.89. The van der Waals surface area contributed by atoms with Gasteiger partial charge in [-0.1, -0.05) is 40.2 Å². The molecule has 1 atom stereocenters. The molecule has 0 saturated heterocycles. The summed E-state index contributed by atoms with van der Waals surface area (Å²) >= 11 is 3.53. The quantitative estimate of drug-likeness (QED) is 0.895. The van der Waals surface area contributed by atoms with Gasteiger partial charge in [0.05, 0.1) is 12.7 Å². The van der Waals surface area contributed by atoms with Crippen LogP contribution >= 0.6 is 15.9 Å². The predicted octanol–water partition coefficient (Wildman–Crippen LogP) is 4.48. The van der Waals surface area contributed by atoms with Crippen molar-refractivity contribution in [3.05, 3.63) is 63.6 Å². The molecule has 0 aromatic heterocycles. The number of benzene rings is 2. The second kappa shape index (κ2) is 5.98. The highest BCUT2D eigenvalue weighted by Crippen LogP contribution is 2.27. The van der Waals surface area contributed by atoms with E-state index in [1.165, 1.54) is 16.7 Å². The normalized spacial score (nSPS) is 17.6. The van der Waals surface area contributed by atoms with Gasteiger partial charge in [-0.2, -0.15) is 0 Å². The van der Waals surface area contributed by atoms with E-state index in [-0.39, 0.29) is 6.10 Å². The van der Waals surface area contributed by atoms with E-state index in [1.54, 1.807) is 0 Å². The maximum Gasteiger partial charge on any atom is 0.0999 e. The van der Waals surface area contributed by atoms with Gasteiger partial charge in [-0.25, -0.2) is 0 Å². The Morgan fingerprint density at radius 3 is 2.95 bits per heavy atom. The van der Waals surface area contributed by atoms with Crippen molar-refractivity contribution in [1.29, 1.82) is 0 Å². The Balaban J connectivity index is 1.71. The van der Waals surface area contributed by atoms with Gasteiger partial charge in [0.15, 0.2) is 0 Å². The van der Waals surface area contributed by atoms with Crippen LogP contribution in [0.15, 0.2) is 46.9 Å². The first-order chi connectivity index (χ1) is 9.74. The van der Waals surface area contributed by atoms with Crippen LogP contribution in [0.5, 0.6) is 0 Å². The van der Waals surface area contributed by atoms with E-state index >= 15 is 0 Å². The zero-order valence-electron chi connectivity index (χ0n) is 11.5. The Bertz CT molecular complexity index is 612. The highest BCUT2D eigenvalue weighted by Gasteiger charge is 2.19. The third-order valence-electron chi connectivity index (χ3n) is 3.74. The Morgan fingerprint density at radius 2 is 2.10 bits per heavy atom. The van der Waals surface area contributed by atoms with Crippen LogP contribution < -0.4 is 5.32 Å². The summed E-state index contributed by atoms with van der Waals surface area (Å²) in [6.45, 7) is 3.71. The molecule has 3 rings (SSSR count). The monoisotopic (exact) mass is 331 g/mol. The molecule has 0 fully saturated rings. The standard InChI is InChI=1S/C17H18BrNO/c1-12-10-14(6-7-16(12)18)19-11-17-15-5-3-2-4-13(15)8-9-20-17/h2-7,10,17,19H,8-9,11H2,1H3. The van der Waals surface area contributed by atoms with E-state index in [2.05, 4.69) is 70.6 Å². The fourth-order valence-corrected chi connectivity index (χ4v) is 2.86. The Hall–Kier alpha value is -1.32. The maximum absolute atomic E-state index is 5.91. The van der Waals surface area contributed by atoms with Gasteiger partial charge in [-0.05, 0) is 48.2 Å². The summed E-state index contributed by atoms with van der Waals surface area (Å²) in [5.74, 6) is 0. The highest BCUT2D eigenvalue weighted by molar-refractivity contribution is 9.10. The number of rotatable bonds is 3. The molecule has 0 spiro atoms. The highest BCUT2D eigenvalue weighted by atomic mass is 79.9. The lowest BCUT2D eigenvalue weighted by molar-refractivity contribution is 0.0513. The summed E-state index contributed by atoms with van der Waals surface area (Å²) < 4.78 is 7.05. The lowest BCUT2D eigenvalue weighted by Gasteiger charge is -2.26. The van der Waals surface area contributed by atoms with Gasteiger partial charge in [-0.3, -0.25) is 0 Å². The van der Waals surface area contributed by atoms with E-state index in [1.807, 2.05) is 0 Å². The first kappa shape index (κ1) is 13.7. The molecule has 0 saturated carbocycles. The van der Waals surface area contributed by atoms with Crippen LogP contribution in [-0.4, -0.2) is 13.2 Å². The molecular weight excluding hydrogens is 314 g/mol. The zero-order chi connectivity index (χ0) is 13.9. The van der Waals surface area contributed by atoms with Crippen molar-refractivity contribution in [2.45, 2.75) is 19.4 Å². The molecule has 1 heterocycles. The van der Waals surface area contributed by atoms with Gasteiger partial charge in [0.1, 0.15) is 0 Å². The molecule has 0 radical (unpaired) electrons. The molecule has 1 N–H and O–H groups in total. The first-order valence-corrected chi connectivity index (χ1v) is 7.73. The molecule has 0 amide bonds. The van der Waals surface area contributed by atoms with E-state index in [9.17, 15) is 0 Å². The summed E-state index contributed by atoms with van der Waals surface area (Å²) in [4.78, 5) is 0. The zero-order valence-corrected chi connectivity index (χ0v) is 13.1. The summed E-state index contributed by atoms with van der Waals surface area (Å²) in [6.07, 6.45) is 1.16. The predicted molar refractivity (Wildman–Crippen MR) is 86.2 cm³/mol. The molecule has 3 heteroatoms. The Kier molecular flexibility index (Phi) is 4.08. The van der Waals surface area contributed by atoms with Crippen molar-refractivity contribution >= 4 is 21.6 Å². The smallest absolute Gasteiger partial charge is 0.0999 e. The van der Waals surface area contributed by atoms with Gasteiger partial charge >= 0.3 is 0 Å². The van der Waals surface area contributed by atoms with E-state index < -0.39 is 0 Å². The number of anilines is 1. The van der Waals surface area contributed by atoms with Crippen LogP contribution in [0.25, 0.3) is 0 Å². The average Bonchev–Trinajstić information content (AvgIpc) is 2.48. The van der Waals surface area contributed by atoms with Crippen LogP contribution in [0.2, 0.25) is 0 Å². The van der Waals surface area contributed by atoms with E-state index in [0.717, 1.165) is 29.7 Å². The minimum absolute atomic E-state index is 0.143. The molecule has 0 aliphatic carbocycles. The molecule has 1 unspecified atom stereocenters. The molecule has 2 aromatic carbocycles. The minimum Gasteiger partial charge on any atom is -0.382 e. The number of hydrogen-bond donors (Lipinski definition) is 1. The van der Waals surface area contributed by atoms with Crippen molar-refractivity contribution in [1.82, 2.24) is 0 Å². The van der Waals surface area contributed by atoms with Crippen molar-refractivity contribution in [2.24, 2.45) is 0 Å². The second-order valence-corrected chi connectivity index (χ2v) is 6.01. The summed E-state index contributed by atoms with van der Waals surface area (Å²) in [5, 5.41) is 3.48. The van der Waals surface area contributed by atoms with Crippen LogP contribution in [0.3, 0.4) is 0 Å². The number of halogens is 1. The Labute approximate surface area is 128 Å². The second-order valence-electron chi connectivity index (χ2n) is 5.15. The first-order valence-electron chi connectivity index (χ1n) is 6.93. The lowest BCUT2D eigenvalue weighted by atomic mass is 9.97. The van der Waals surface area contributed by atoms with Gasteiger partial charge in [0.25, 0.3) is 0 Å². The Morgan fingerprint density at radius 1 is 1.25 bits per heavy atom. The SMILES string of the molecule is Cc1cc(NCC2OCCc3ccccc32)ccc1Br. The summed E-state index contributed by atoms with van der Waals surface area (Å²) in [5.41, 5.74) is 5.11. The van der Waals surface area contributed by atoms with Crippen LogP contribution in [-0.2, 0) is 11.2 Å².